The van der Waals surface area contributed by atoms with E-state index in [1.165, 1.54) is 23.7 Å². The quantitative estimate of drug-likeness (QED) is 0.816. The summed E-state index contributed by atoms with van der Waals surface area (Å²) in [6, 6.07) is 5.95. The Morgan fingerprint density at radius 1 is 1.33 bits per heavy atom. The van der Waals surface area contributed by atoms with Crippen LogP contribution >= 0.6 is 11.3 Å². The van der Waals surface area contributed by atoms with Crippen LogP contribution < -0.4 is 4.80 Å². The van der Waals surface area contributed by atoms with Gasteiger partial charge >= 0.3 is 5.97 Å². The zero-order chi connectivity index (χ0) is 13.3. The number of carboxylic acid groups (broad SMARTS) is 1. The zero-order valence-corrected chi connectivity index (χ0v) is 10.2. The second-order valence-corrected chi connectivity index (χ2v) is 4.51. The molecule has 92 valence electrons. The Bertz CT molecular complexity index is 670. The van der Waals surface area contributed by atoms with Crippen molar-refractivity contribution in [1.29, 1.82) is 5.41 Å². The number of Topliss-reactive ketones (excluding diaryl/α,β-unsaturated/α-hetero) is 1. The van der Waals surface area contributed by atoms with E-state index in [0.717, 1.165) is 11.3 Å². The Morgan fingerprint density at radius 2 is 1.94 bits per heavy atom. The SMILES string of the molecule is CC(=O)c1nn(-c2ccc(C(=O)O)cc2)c(=N)s1. The molecule has 7 heteroatoms. The molecule has 1 heterocycles. The van der Waals surface area contributed by atoms with Crippen LogP contribution in [0.2, 0.25) is 0 Å². The van der Waals surface area contributed by atoms with Gasteiger partial charge in [0.1, 0.15) is 0 Å². The number of carbonyl (C=O) groups is 2. The fourth-order valence-electron chi connectivity index (χ4n) is 1.35. The molecule has 0 aliphatic carbocycles. The molecule has 0 spiro atoms. The molecule has 0 aliphatic heterocycles. The molecule has 2 N–H and O–H groups in total. The Hall–Kier alpha value is -2.28. The number of hydrogen-bond acceptors (Lipinski definition) is 5. The highest BCUT2D eigenvalue weighted by atomic mass is 32.1. The summed E-state index contributed by atoms with van der Waals surface area (Å²) in [7, 11) is 0. The average molecular weight is 263 g/mol. The first-order valence-electron chi connectivity index (χ1n) is 4.98. The van der Waals surface area contributed by atoms with Gasteiger partial charge < -0.3 is 5.11 Å². The van der Waals surface area contributed by atoms with Crippen molar-refractivity contribution in [2.75, 3.05) is 0 Å². The second kappa shape index (κ2) is 4.53. The molecule has 18 heavy (non-hydrogen) atoms. The van der Waals surface area contributed by atoms with Crippen molar-refractivity contribution < 1.29 is 14.7 Å². The van der Waals surface area contributed by atoms with E-state index >= 15 is 0 Å². The van der Waals surface area contributed by atoms with E-state index in [4.69, 9.17) is 10.5 Å². The Morgan fingerprint density at radius 3 is 2.39 bits per heavy atom. The monoisotopic (exact) mass is 263 g/mol. The van der Waals surface area contributed by atoms with Crippen LogP contribution in [-0.2, 0) is 0 Å². The van der Waals surface area contributed by atoms with Crippen molar-refractivity contribution in [2.24, 2.45) is 0 Å². The van der Waals surface area contributed by atoms with Gasteiger partial charge in [-0.3, -0.25) is 10.2 Å². The summed E-state index contributed by atoms with van der Waals surface area (Å²) in [4.78, 5) is 22.0. The van der Waals surface area contributed by atoms with E-state index in [1.54, 1.807) is 12.1 Å². The lowest BCUT2D eigenvalue weighted by atomic mass is 10.2. The highest BCUT2D eigenvalue weighted by molar-refractivity contribution is 7.10. The van der Waals surface area contributed by atoms with Crippen molar-refractivity contribution in [3.05, 3.63) is 39.6 Å². The predicted molar refractivity (Wildman–Crippen MR) is 64.3 cm³/mol. The van der Waals surface area contributed by atoms with Gasteiger partial charge in [-0.15, -0.1) is 0 Å². The smallest absolute Gasteiger partial charge is 0.335 e. The van der Waals surface area contributed by atoms with Gasteiger partial charge in [0, 0.05) is 6.92 Å². The van der Waals surface area contributed by atoms with Crippen LogP contribution in [0.1, 0.15) is 27.1 Å². The Balaban J connectivity index is 2.46. The molecule has 2 aromatic rings. The number of carbonyl (C=O) groups excluding carboxylic acids is 1. The van der Waals surface area contributed by atoms with E-state index in [1.807, 2.05) is 0 Å². The van der Waals surface area contributed by atoms with Crippen LogP contribution in [0.3, 0.4) is 0 Å². The van der Waals surface area contributed by atoms with E-state index in [2.05, 4.69) is 5.10 Å². The molecule has 0 bridgehead atoms. The van der Waals surface area contributed by atoms with E-state index < -0.39 is 5.97 Å². The number of ketones is 1. The maximum Gasteiger partial charge on any atom is 0.335 e. The zero-order valence-electron chi connectivity index (χ0n) is 9.38. The van der Waals surface area contributed by atoms with E-state index in [9.17, 15) is 9.59 Å². The number of nitrogens with one attached hydrogen (secondary N) is 1. The van der Waals surface area contributed by atoms with Gasteiger partial charge in [-0.25, -0.2) is 9.48 Å². The van der Waals surface area contributed by atoms with Gasteiger partial charge in [0.2, 0.25) is 4.80 Å². The van der Waals surface area contributed by atoms with Crippen molar-refractivity contribution in [1.82, 2.24) is 9.78 Å². The van der Waals surface area contributed by atoms with Crippen LogP contribution in [0.5, 0.6) is 0 Å². The molecule has 0 saturated carbocycles. The van der Waals surface area contributed by atoms with Gasteiger partial charge in [0.15, 0.2) is 10.8 Å². The fraction of sp³-hybridized carbons (Fsp3) is 0.0909. The van der Waals surface area contributed by atoms with Crippen LogP contribution in [0.15, 0.2) is 24.3 Å². The number of aromatic carboxylic acids is 1. The summed E-state index contributed by atoms with van der Waals surface area (Å²) >= 11 is 0.980. The number of benzene rings is 1. The molecule has 0 fully saturated rings. The van der Waals surface area contributed by atoms with Gasteiger partial charge in [-0.2, -0.15) is 5.10 Å². The summed E-state index contributed by atoms with van der Waals surface area (Å²) in [5, 5.41) is 20.7. The number of hydrogen-bond donors (Lipinski definition) is 2. The predicted octanol–water partition coefficient (Wildman–Crippen LogP) is 1.31. The minimum absolute atomic E-state index is 0.114. The normalized spacial score (nSPS) is 10.3. The minimum atomic E-state index is -1.01. The molecular formula is C11H9N3O3S. The molecule has 0 aliphatic rings. The molecule has 0 saturated heterocycles. The molecule has 1 aromatic carbocycles. The molecule has 0 radical (unpaired) electrons. The lowest BCUT2D eigenvalue weighted by molar-refractivity contribution is 0.0696. The maximum atomic E-state index is 11.2. The number of carboxylic acids is 1. The van der Waals surface area contributed by atoms with Crippen molar-refractivity contribution in [3.8, 4) is 5.69 Å². The molecule has 6 nitrogen and oxygen atoms in total. The molecule has 0 atom stereocenters. The first-order chi connectivity index (χ1) is 8.49. The summed E-state index contributed by atoms with van der Waals surface area (Å²) in [6.07, 6.45) is 0. The van der Waals surface area contributed by atoms with Gasteiger partial charge in [0.05, 0.1) is 11.3 Å². The van der Waals surface area contributed by atoms with E-state index in [-0.39, 0.29) is 21.2 Å². The first kappa shape index (κ1) is 12.2. The minimum Gasteiger partial charge on any atom is -0.478 e. The summed E-state index contributed by atoms with van der Waals surface area (Å²) in [6.45, 7) is 1.39. The lowest BCUT2D eigenvalue weighted by Gasteiger charge is -2.00. The average Bonchev–Trinajstić information content (AvgIpc) is 2.71. The third kappa shape index (κ3) is 2.21. The molecule has 2 rings (SSSR count). The largest absolute Gasteiger partial charge is 0.478 e. The van der Waals surface area contributed by atoms with Crippen LogP contribution in [0.25, 0.3) is 5.69 Å². The molecule has 0 unspecified atom stereocenters. The van der Waals surface area contributed by atoms with Gasteiger partial charge in [-0.05, 0) is 24.3 Å². The van der Waals surface area contributed by atoms with E-state index in [0.29, 0.717) is 5.69 Å². The summed E-state index contributed by atoms with van der Waals surface area (Å²) in [5.41, 5.74) is 0.710. The van der Waals surface area contributed by atoms with Gasteiger partial charge in [-0.1, -0.05) is 11.3 Å². The van der Waals surface area contributed by atoms with Gasteiger partial charge in [0.25, 0.3) is 0 Å². The highest BCUT2D eigenvalue weighted by Gasteiger charge is 2.10. The number of nitrogens with zero attached hydrogens (tertiary/aromatic N) is 2. The first-order valence-corrected chi connectivity index (χ1v) is 5.80. The van der Waals surface area contributed by atoms with Crippen molar-refractivity contribution in [2.45, 2.75) is 6.92 Å². The molecule has 1 aromatic heterocycles. The number of rotatable bonds is 3. The molecule has 0 amide bonds. The second-order valence-electron chi connectivity index (χ2n) is 3.53. The third-order valence-corrected chi connectivity index (χ3v) is 3.17. The lowest BCUT2D eigenvalue weighted by Crippen LogP contribution is -2.12. The summed E-state index contributed by atoms with van der Waals surface area (Å²) < 4.78 is 1.30. The molecular weight excluding hydrogens is 254 g/mol. The maximum absolute atomic E-state index is 11.2. The van der Waals surface area contributed by atoms with Crippen LogP contribution in [0, 0.1) is 5.41 Å². The van der Waals surface area contributed by atoms with Crippen LogP contribution in [-0.4, -0.2) is 26.6 Å². The summed E-state index contributed by atoms with van der Waals surface area (Å²) in [5.74, 6) is -1.21. The Kier molecular flexibility index (Phi) is 3.07. The van der Waals surface area contributed by atoms with Crippen LogP contribution in [0.4, 0.5) is 0 Å². The van der Waals surface area contributed by atoms with Crippen molar-refractivity contribution >= 4 is 23.1 Å². The number of aromatic nitrogens is 2. The fourth-order valence-corrected chi connectivity index (χ4v) is 2.04. The third-order valence-electron chi connectivity index (χ3n) is 2.24. The standard InChI is InChI=1S/C11H9N3O3S/c1-6(15)9-13-14(11(12)18-9)8-4-2-7(3-5-8)10(16)17/h2-5,12H,1H3,(H,16,17). The Labute approximate surface area is 106 Å². The van der Waals surface area contributed by atoms with Crippen molar-refractivity contribution in [3.63, 3.8) is 0 Å². The topological polar surface area (TPSA) is 96.0 Å². The highest BCUT2D eigenvalue weighted by Crippen LogP contribution is 2.09.